The molecule has 5 nitrogen and oxygen atoms in total. The van der Waals surface area contributed by atoms with E-state index in [0.29, 0.717) is 5.69 Å². The minimum atomic E-state index is -0.264. The van der Waals surface area contributed by atoms with Crippen LogP contribution in [0.15, 0.2) is 18.3 Å². The molecule has 1 saturated heterocycles. The standard InChI is InChI=1S/C13H18N4OS/c1-9(13(18)17-6-2-3-7-17)16-10-4-5-15-11(8-10)12(14)19/h4-5,8-9H,2-3,6-7H2,1H3,(H2,14,19)(H,15,16). The monoisotopic (exact) mass is 278 g/mol. The van der Waals surface area contributed by atoms with Gasteiger partial charge in [0.25, 0.3) is 0 Å². The van der Waals surface area contributed by atoms with Crippen molar-refractivity contribution in [3.8, 4) is 0 Å². The van der Waals surface area contributed by atoms with Gasteiger partial charge in [0.2, 0.25) is 5.91 Å². The minimum absolute atomic E-state index is 0.131. The Bertz CT molecular complexity index is 485. The SMILES string of the molecule is CC(Nc1ccnc(C(N)=S)c1)C(=O)N1CCCC1. The van der Waals surface area contributed by atoms with Crippen LogP contribution < -0.4 is 11.1 Å². The van der Waals surface area contributed by atoms with Crippen molar-refractivity contribution in [3.05, 3.63) is 24.0 Å². The average Bonchev–Trinajstić information content (AvgIpc) is 2.92. The lowest BCUT2D eigenvalue weighted by atomic mass is 10.2. The minimum Gasteiger partial charge on any atom is -0.388 e. The molecule has 1 unspecified atom stereocenters. The second-order valence-corrected chi connectivity index (χ2v) is 5.13. The number of pyridine rings is 1. The third kappa shape index (κ3) is 3.41. The molecule has 6 heteroatoms. The van der Waals surface area contributed by atoms with Crippen molar-refractivity contribution >= 4 is 28.8 Å². The first-order valence-electron chi connectivity index (χ1n) is 6.39. The molecule has 0 bridgehead atoms. The van der Waals surface area contributed by atoms with Crippen molar-refractivity contribution < 1.29 is 4.79 Å². The Morgan fingerprint density at radius 2 is 2.21 bits per heavy atom. The number of hydrogen-bond donors (Lipinski definition) is 2. The average molecular weight is 278 g/mol. The first-order chi connectivity index (χ1) is 9.08. The number of carbonyl (C=O) groups is 1. The highest BCUT2D eigenvalue weighted by Crippen LogP contribution is 2.13. The van der Waals surface area contributed by atoms with Gasteiger partial charge in [-0.05, 0) is 31.9 Å². The molecule has 1 aromatic rings. The zero-order chi connectivity index (χ0) is 13.8. The van der Waals surface area contributed by atoms with E-state index in [9.17, 15) is 4.79 Å². The summed E-state index contributed by atoms with van der Waals surface area (Å²) in [6, 6.07) is 3.30. The number of carbonyl (C=O) groups excluding carboxylic acids is 1. The zero-order valence-corrected chi connectivity index (χ0v) is 11.7. The van der Waals surface area contributed by atoms with Crippen LogP contribution in [-0.4, -0.2) is 39.9 Å². The van der Waals surface area contributed by atoms with Gasteiger partial charge in [0.05, 0.1) is 5.69 Å². The van der Waals surface area contributed by atoms with Crippen molar-refractivity contribution in [3.63, 3.8) is 0 Å². The van der Waals surface area contributed by atoms with Gasteiger partial charge in [-0.2, -0.15) is 0 Å². The van der Waals surface area contributed by atoms with Gasteiger partial charge in [-0.15, -0.1) is 0 Å². The van der Waals surface area contributed by atoms with Crippen LogP contribution in [0.3, 0.4) is 0 Å². The fraction of sp³-hybridized carbons (Fsp3) is 0.462. The molecular weight excluding hydrogens is 260 g/mol. The van der Waals surface area contributed by atoms with Crippen LogP contribution in [-0.2, 0) is 4.79 Å². The number of nitrogens with two attached hydrogens (primary N) is 1. The second kappa shape index (κ2) is 5.97. The summed E-state index contributed by atoms with van der Waals surface area (Å²) < 4.78 is 0. The van der Waals surface area contributed by atoms with Crippen LogP contribution in [0.5, 0.6) is 0 Å². The van der Waals surface area contributed by atoms with Crippen molar-refractivity contribution in [1.82, 2.24) is 9.88 Å². The largest absolute Gasteiger partial charge is 0.388 e. The highest BCUT2D eigenvalue weighted by molar-refractivity contribution is 7.80. The first-order valence-corrected chi connectivity index (χ1v) is 6.80. The van der Waals surface area contributed by atoms with Crippen molar-refractivity contribution in [2.24, 2.45) is 5.73 Å². The topological polar surface area (TPSA) is 71.2 Å². The predicted octanol–water partition coefficient (Wildman–Crippen LogP) is 1.14. The lowest BCUT2D eigenvalue weighted by molar-refractivity contribution is -0.130. The van der Waals surface area contributed by atoms with E-state index in [1.165, 1.54) is 0 Å². The third-order valence-corrected chi connectivity index (χ3v) is 3.39. The first kappa shape index (κ1) is 13.7. The second-order valence-electron chi connectivity index (χ2n) is 4.69. The molecule has 1 fully saturated rings. The molecule has 3 N–H and O–H groups in total. The van der Waals surface area contributed by atoms with Gasteiger partial charge in [-0.3, -0.25) is 9.78 Å². The van der Waals surface area contributed by atoms with Crippen LogP contribution in [0.1, 0.15) is 25.5 Å². The summed E-state index contributed by atoms with van der Waals surface area (Å²) in [4.78, 5) is 18.4. The quantitative estimate of drug-likeness (QED) is 0.808. The molecule has 0 aromatic carbocycles. The molecule has 1 aliphatic heterocycles. The smallest absolute Gasteiger partial charge is 0.244 e. The number of anilines is 1. The third-order valence-electron chi connectivity index (χ3n) is 3.18. The van der Waals surface area contributed by atoms with Gasteiger partial charge in [0.15, 0.2) is 0 Å². The van der Waals surface area contributed by atoms with Gasteiger partial charge in [0, 0.05) is 25.0 Å². The lowest BCUT2D eigenvalue weighted by Crippen LogP contribution is -2.39. The molecule has 0 saturated carbocycles. The molecule has 1 atom stereocenters. The summed E-state index contributed by atoms with van der Waals surface area (Å²) in [7, 11) is 0. The van der Waals surface area contributed by atoms with Crippen LogP contribution >= 0.6 is 12.2 Å². The summed E-state index contributed by atoms with van der Waals surface area (Å²) in [6.07, 6.45) is 3.82. The number of thiocarbonyl (C=S) groups is 1. The number of hydrogen-bond acceptors (Lipinski definition) is 4. The highest BCUT2D eigenvalue weighted by atomic mass is 32.1. The van der Waals surface area contributed by atoms with E-state index in [0.717, 1.165) is 31.6 Å². The van der Waals surface area contributed by atoms with Crippen molar-refractivity contribution in [2.45, 2.75) is 25.8 Å². The molecule has 102 valence electrons. The molecule has 2 heterocycles. The molecular formula is C13H18N4OS. The molecule has 0 spiro atoms. The Morgan fingerprint density at radius 3 is 2.84 bits per heavy atom. The summed E-state index contributed by atoms with van der Waals surface area (Å²) in [5, 5.41) is 3.17. The highest BCUT2D eigenvalue weighted by Gasteiger charge is 2.23. The Balaban J connectivity index is 2.01. The number of rotatable bonds is 4. The maximum absolute atomic E-state index is 12.2. The molecule has 0 radical (unpaired) electrons. The van der Waals surface area contributed by atoms with Gasteiger partial charge in [-0.1, -0.05) is 12.2 Å². The molecule has 1 amide bonds. The summed E-state index contributed by atoms with van der Waals surface area (Å²) in [5.41, 5.74) is 6.90. The fourth-order valence-electron chi connectivity index (χ4n) is 2.18. The van der Waals surface area contributed by atoms with E-state index in [2.05, 4.69) is 10.3 Å². The van der Waals surface area contributed by atoms with Gasteiger partial charge in [-0.25, -0.2) is 0 Å². The van der Waals surface area contributed by atoms with Crippen molar-refractivity contribution in [2.75, 3.05) is 18.4 Å². The van der Waals surface area contributed by atoms with E-state index in [4.69, 9.17) is 18.0 Å². The van der Waals surface area contributed by atoms with E-state index in [1.54, 1.807) is 18.3 Å². The Morgan fingerprint density at radius 1 is 1.53 bits per heavy atom. The molecule has 19 heavy (non-hydrogen) atoms. The number of nitrogens with zero attached hydrogens (tertiary/aromatic N) is 2. The Labute approximate surface area is 118 Å². The lowest BCUT2D eigenvalue weighted by Gasteiger charge is -2.22. The molecule has 2 rings (SSSR count). The van der Waals surface area contributed by atoms with Crippen LogP contribution in [0.25, 0.3) is 0 Å². The number of nitrogens with one attached hydrogen (secondary N) is 1. The van der Waals surface area contributed by atoms with Gasteiger partial charge < -0.3 is 16.0 Å². The summed E-state index contributed by atoms with van der Waals surface area (Å²) in [6.45, 7) is 3.58. The van der Waals surface area contributed by atoms with E-state index >= 15 is 0 Å². The Kier molecular flexibility index (Phi) is 4.31. The normalized spacial score (nSPS) is 16.2. The predicted molar refractivity (Wildman–Crippen MR) is 79.0 cm³/mol. The fourth-order valence-corrected chi connectivity index (χ4v) is 2.29. The summed E-state index contributed by atoms with van der Waals surface area (Å²) in [5.74, 6) is 0.131. The number of amides is 1. The molecule has 1 aromatic heterocycles. The number of likely N-dealkylation sites (tertiary alicyclic amines) is 1. The molecule has 1 aliphatic rings. The van der Waals surface area contributed by atoms with Crippen LogP contribution in [0.4, 0.5) is 5.69 Å². The van der Waals surface area contributed by atoms with E-state index in [-0.39, 0.29) is 16.9 Å². The zero-order valence-electron chi connectivity index (χ0n) is 10.9. The van der Waals surface area contributed by atoms with Crippen LogP contribution in [0.2, 0.25) is 0 Å². The van der Waals surface area contributed by atoms with Crippen LogP contribution in [0, 0.1) is 0 Å². The summed E-state index contributed by atoms with van der Waals surface area (Å²) >= 11 is 4.89. The Hall–Kier alpha value is -1.69. The maximum Gasteiger partial charge on any atom is 0.244 e. The number of aromatic nitrogens is 1. The van der Waals surface area contributed by atoms with Gasteiger partial charge in [0.1, 0.15) is 11.0 Å². The maximum atomic E-state index is 12.2. The van der Waals surface area contributed by atoms with Crippen molar-refractivity contribution in [1.29, 1.82) is 0 Å². The van der Waals surface area contributed by atoms with Gasteiger partial charge >= 0.3 is 0 Å². The molecule has 0 aliphatic carbocycles. The van der Waals surface area contributed by atoms with E-state index in [1.807, 2.05) is 11.8 Å². The van der Waals surface area contributed by atoms with E-state index < -0.39 is 0 Å².